The van der Waals surface area contributed by atoms with Crippen LogP contribution in [0.2, 0.25) is 0 Å². The van der Waals surface area contributed by atoms with Gasteiger partial charge in [0.1, 0.15) is 0 Å². The molecule has 1 saturated carbocycles. The molecule has 0 amide bonds. The van der Waals surface area contributed by atoms with Gasteiger partial charge in [-0.2, -0.15) is 0 Å². The normalized spacial score (nSPS) is 21.9. The van der Waals surface area contributed by atoms with E-state index in [-0.39, 0.29) is 0 Å². The number of nitrogens with one attached hydrogen (secondary N) is 1. The van der Waals surface area contributed by atoms with E-state index in [9.17, 15) is 0 Å². The third-order valence-electron chi connectivity index (χ3n) is 4.82. The zero-order valence-corrected chi connectivity index (χ0v) is 14.5. The molecule has 1 aliphatic carbocycles. The van der Waals surface area contributed by atoms with Crippen molar-refractivity contribution in [3.63, 3.8) is 0 Å². The predicted octanol–water partition coefficient (Wildman–Crippen LogP) is 4.16. The van der Waals surface area contributed by atoms with Gasteiger partial charge in [0.25, 0.3) is 0 Å². The SMILES string of the molecule is CC(C)C1CCCCC1.CC(C)CCN1CCNCC1. The molecular formula is C18H38N2. The summed E-state index contributed by atoms with van der Waals surface area (Å²) in [6.45, 7) is 15.4. The Balaban J connectivity index is 0.000000204. The van der Waals surface area contributed by atoms with Crippen LogP contribution in [-0.4, -0.2) is 37.6 Å². The van der Waals surface area contributed by atoms with Crippen LogP contribution < -0.4 is 5.32 Å². The molecule has 2 aliphatic rings. The number of hydrogen-bond donors (Lipinski definition) is 1. The highest BCUT2D eigenvalue weighted by Crippen LogP contribution is 2.29. The van der Waals surface area contributed by atoms with Gasteiger partial charge in [-0.3, -0.25) is 0 Å². The molecule has 0 atom stereocenters. The van der Waals surface area contributed by atoms with Crippen molar-refractivity contribution in [2.24, 2.45) is 17.8 Å². The lowest BCUT2D eigenvalue weighted by Crippen LogP contribution is -2.43. The summed E-state index contributed by atoms with van der Waals surface area (Å²) < 4.78 is 0. The van der Waals surface area contributed by atoms with Crippen LogP contribution in [0, 0.1) is 17.8 Å². The van der Waals surface area contributed by atoms with E-state index in [1.54, 1.807) is 0 Å². The minimum atomic E-state index is 0.852. The van der Waals surface area contributed by atoms with Gasteiger partial charge in [-0.25, -0.2) is 0 Å². The number of rotatable bonds is 4. The Hall–Kier alpha value is -0.0800. The second kappa shape index (κ2) is 10.6. The molecule has 0 aromatic carbocycles. The highest BCUT2D eigenvalue weighted by molar-refractivity contribution is 4.68. The maximum atomic E-state index is 3.36. The van der Waals surface area contributed by atoms with Crippen molar-refractivity contribution in [1.82, 2.24) is 10.2 Å². The third-order valence-corrected chi connectivity index (χ3v) is 4.82. The Morgan fingerprint density at radius 1 is 0.950 bits per heavy atom. The summed E-state index contributed by atoms with van der Waals surface area (Å²) >= 11 is 0. The van der Waals surface area contributed by atoms with E-state index >= 15 is 0 Å². The predicted molar refractivity (Wildman–Crippen MR) is 90.2 cm³/mol. The first kappa shape index (κ1) is 18.0. The molecule has 120 valence electrons. The minimum absolute atomic E-state index is 0.852. The Labute approximate surface area is 127 Å². The first-order chi connectivity index (χ1) is 9.59. The maximum Gasteiger partial charge on any atom is 0.0107 e. The van der Waals surface area contributed by atoms with E-state index in [0.717, 1.165) is 17.8 Å². The van der Waals surface area contributed by atoms with Crippen molar-refractivity contribution in [3.05, 3.63) is 0 Å². The molecule has 1 aliphatic heterocycles. The monoisotopic (exact) mass is 282 g/mol. The number of nitrogens with zero attached hydrogens (tertiary/aromatic N) is 1. The summed E-state index contributed by atoms with van der Waals surface area (Å²) in [6, 6.07) is 0. The zero-order chi connectivity index (χ0) is 14.8. The lowest BCUT2D eigenvalue weighted by molar-refractivity contribution is 0.228. The Morgan fingerprint density at radius 3 is 2.00 bits per heavy atom. The minimum Gasteiger partial charge on any atom is -0.314 e. The van der Waals surface area contributed by atoms with E-state index in [1.807, 2.05) is 0 Å². The molecule has 0 aromatic heterocycles. The van der Waals surface area contributed by atoms with Crippen LogP contribution in [-0.2, 0) is 0 Å². The summed E-state index contributed by atoms with van der Waals surface area (Å²) in [6.07, 6.45) is 8.81. The second-order valence-electron chi connectivity index (χ2n) is 7.42. The van der Waals surface area contributed by atoms with Crippen molar-refractivity contribution in [1.29, 1.82) is 0 Å². The molecule has 2 heteroatoms. The number of piperazine rings is 1. The molecule has 0 bridgehead atoms. The van der Waals surface area contributed by atoms with E-state index < -0.39 is 0 Å². The molecule has 0 aromatic rings. The summed E-state index contributed by atoms with van der Waals surface area (Å²) in [7, 11) is 0. The van der Waals surface area contributed by atoms with Crippen molar-refractivity contribution >= 4 is 0 Å². The Bertz CT molecular complexity index is 213. The van der Waals surface area contributed by atoms with Gasteiger partial charge >= 0.3 is 0 Å². The average molecular weight is 283 g/mol. The van der Waals surface area contributed by atoms with Crippen LogP contribution >= 0.6 is 0 Å². The Morgan fingerprint density at radius 2 is 1.55 bits per heavy atom. The van der Waals surface area contributed by atoms with Crippen LogP contribution in [0.15, 0.2) is 0 Å². The first-order valence-electron chi connectivity index (χ1n) is 9.02. The van der Waals surface area contributed by atoms with Gasteiger partial charge in [-0.05, 0) is 30.7 Å². The first-order valence-corrected chi connectivity index (χ1v) is 9.02. The second-order valence-corrected chi connectivity index (χ2v) is 7.42. The van der Waals surface area contributed by atoms with Crippen LogP contribution in [0.25, 0.3) is 0 Å². The van der Waals surface area contributed by atoms with Crippen LogP contribution in [0.4, 0.5) is 0 Å². The lowest BCUT2D eigenvalue weighted by atomic mass is 9.82. The third kappa shape index (κ3) is 8.26. The zero-order valence-electron chi connectivity index (χ0n) is 14.5. The number of hydrogen-bond acceptors (Lipinski definition) is 2. The van der Waals surface area contributed by atoms with E-state index in [1.165, 1.54) is 71.2 Å². The molecule has 2 rings (SSSR count). The Kier molecular flexibility index (Phi) is 9.54. The van der Waals surface area contributed by atoms with Gasteiger partial charge < -0.3 is 10.2 Å². The molecule has 0 radical (unpaired) electrons. The molecule has 2 fully saturated rings. The summed E-state index contributed by atoms with van der Waals surface area (Å²) in [4.78, 5) is 2.55. The molecule has 1 N–H and O–H groups in total. The molecular weight excluding hydrogens is 244 g/mol. The highest BCUT2D eigenvalue weighted by atomic mass is 15.2. The smallest absolute Gasteiger partial charge is 0.0107 e. The standard InChI is InChI=1S/C9H20N2.C9H18/c1-9(2)3-6-11-7-4-10-5-8-11;1-8(2)9-6-4-3-5-7-9/h9-10H,3-8H2,1-2H3;8-9H,3-7H2,1-2H3. The fourth-order valence-corrected chi connectivity index (χ4v) is 3.18. The molecule has 1 heterocycles. The lowest BCUT2D eigenvalue weighted by Gasteiger charge is -2.27. The summed E-state index contributed by atoms with van der Waals surface area (Å²) in [5.74, 6) is 2.84. The van der Waals surface area contributed by atoms with Gasteiger partial charge in [-0.1, -0.05) is 59.8 Å². The van der Waals surface area contributed by atoms with Crippen molar-refractivity contribution < 1.29 is 0 Å². The molecule has 1 saturated heterocycles. The fourth-order valence-electron chi connectivity index (χ4n) is 3.18. The molecule has 20 heavy (non-hydrogen) atoms. The average Bonchev–Trinajstić information content (AvgIpc) is 2.48. The quantitative estimate of drug-likeness (QED) is 0.833. The molecule has 2 nitrogen and oxygen atoms in total. The fraction of sp³-hybridized carbons (Fsp3) is 1.00. The van der Waals surface area contributed by atoms with E-state index in [4.69, 9.17) is 0 Å². The van der Waals surface area contributed by atoms with Gasteiger partial charge in [0.05, 0.1) is 0 Å². The van der Waals surface area contributed by atoms with Crippen molar-refractivity contribution in [2.45, 2.75) is 66.2 Å². The van der Waals surface area contributed by atoms with Crippen molar-refractivity contribution in [2.75, 3.05) is 32.7 Å². The van der Waals surface area contributed by atoms with Crippen LogP contribution in [0.5, 0.6) is 0 Å². The van der Waals surface area contributed by atoms with Crippen molar-refractivity contribution in [3.8, 4) is 0 Å². The summed E-state index contributed by atoms with van der Waals surface area (Å²) in [5, 5.41) is 3.36. The van der Waals surface area contributed by atoms with Gasteiger partial charge in [0.2, 0.25) is 0 Å². The topological polar surface area (TPSA) is 15.3 Å². The van der Waals surface area contributed by atoms with Crippen LogP contribution in [0.1, 0.15) is 66.2 Å². The molecule has 0 unspecified atom stereocenters. The van der Waals surface area contributed by atoms with E-state index in [2.05, 4.69) is 37.9 Å². The molecule has 0 spiro atoms. The van der Waals surface area contributed by atoms with Gasteiger partial charge in [0.15, 0.2) is 0 Å². The maximum absolute atomic E-state index is 3.36. The van der Waals surface area contributed by atoms with E-state index in [0.29, 0.717) is 0 Å². The highest BCUT2D eigenvalue weighted by Gasteiger charge is 2.15. The van der Waals surface area contributed by atoms with Crippen LogP contribution in [0.3, 0.4) is 0 Å². The van der Waals surface area contributed by atoms with Gasteiger partial charge in [-0.15, -0.1) is 0 Å². The van der Waals surface area contributed by atoms with Gasteiger partial charge in [0, 0.05) is 26.2 Å². The largest absolute Gasteiger partial charge is 0.314 e. The summed E-state index contributed by atoms with van der Waals surface area (Å²) in [5.41, 5.74) is 0.